The van der Waals surface area contributed by atoms with Crippen molar-refractivity contribution in [2.24, 2.45) is 0 Å². The predicted octanol–water partition coefficient (Wildman–Crippen LogP) is 3.23. The molecule has 4 rings (SSSR count). The summed E-state index contributed by atoms with van der Waals surface area (Å²) in [6.45, 7) is 1.76. The molecule has 2 aliphatic rings. The van der Waals surface area contributed by atoms with Crippen LogP contribution < -0.4 is 10.3 Å². The molecule has 0 bridgehead atoms. The van der Waals surface area contributed by atoms with Crippen LogP contribution in [0.15, 0.2) is 16.9 Å². The van der Waals surface area contributed by atoms with E-state index in [2.05, 4.69) is 9.88 Å². The number of benzene rings is 1. The Morgan fingerprint density at radius 1 is 1.32 bits per heavy atom. The first-order valence-corrected chi connectivity index (χ1v) is 9.95. The molecule has 6 nitrogen and oxygen atoms in total. The molecule has 150 valence electrons. The van der Waals surface area contributed by atoms with Crippen LogP contribution in [0.4, 0.5) is 4.39 Å². The summed E-state index contributed by atoms with van der Waals surface area (Å²) in [5, 5.41) is 9.68. The predicted molar refractivity (Wildman–Crippen MR) is 103 cm³/mol. The topological polar surface area (TPSA) is 78.5 Å². The van der Waals surface area contributed by atoms with Crippen molar-refractivity contribution in [2.75, 3.05) is 13.7 Å². The van der Waals surface area contributed by atoms with E-state index < -0.39 is 11.6 Å². The van der Waals surface area contributed by atoms with E-state index in [1.807, 2.05) is 0 Å². The molecule has 0 spiro atoms. The van der Waals surface area contributed by atoms with E-state index >= 15 is 0 Å². The molecule has 0 unspecified atom stereocenters. The molecule has 0 atom stereocenters. The Bertz CT molecular complexity index is 922. The summed E-state index contributed by atoms with van der Waals surface area (Å²) in [6, 6.07) is 2.97. The minimum absolute atomic E-state index is 0.0115. The van der Waals surface area contributed by atoms with Crippen LogP contribution in [0.3, 0.4) is 0 Å². The molecule has 1 aromatic carbocycles. The highest BCUT2D eigenvalue weighted by molar-refractivity contribution is 5.43. The second-order valence-electron chi connectivity index (χ2n) is 7.80. The summed E-state index contributed by atoms with van der Waals surface area (Å²) in [4.78, 5) is 22.5. The SMILES string of the molecule is COc1cc(CN2CCc3c(nc(C4CCCCC4)[nH]c3=O)C2)cc(F)c1O. The van der Waals surface area contributed by atoms with Gasteiger partial charge >= 0.3 is 0 Å². The van der Waals surface area contributed by atoms with Crippen LogP contribution in [0.25, 0.3) is 0 Å². The number of phenols is 1. The number of aromatic nitrogens is 2. The maximum absolute atomic E-state index is 13.9. The molecular formula is C21H26FN3O3. The Morgan fingerprint density at radius 2 is 2.11 bits per heavy atom. The van der Waals surface area contributed by atoms with E-state index in [9.17, 15) is 14.3 Å². The van der Waals surface area contributed by atoms with Crippen molar-refractivity contribution in [3.63, 3.8) is 0 Å². The van der Waals surface area contributed by atoms with Crippen LogP contribution in [-0.2, 0) is 19.5 Å². The van der Waals surface area contributed by atoms with E-state index in [0.29, 0.717) is 37.5 Å². The van der Waals surface area contributed by atoms with Crippen LogP contribution in [0.1, 0.15) is 60.7 Å². The van der Waals surface area contributed by atoms with Gasteiger partial charge in [0.25, 0.3) is 5.56 Å². The second kappa shape index (κ2) is 7.91. The van der Waals surface area contributed by atoms with Crippen LogP contribution >= 0.6 is 0 Å². The number of rotatable bonds is 4. The lowest BCUT2D eigenvalue weighted by atomic mass is 9.88. The molecule has 1 aliphatic carbocycles. The first kappa shape index (κ1) is 18.9. The van der Waals surface area contributed by atoms with Gasteiger partial charge in [-0.15, -0.1) is 0 Å². The third-order valence-corrected chi connectivity index (χ3v) is 5.88. The van der Waals surface area contributed by atoms with Gasteiger partial charge in [-0.05, 0) is 37.0 Å². The minimum Gasteiger partial charge on any atom is -0.502 e. The highest BCUT2D eigenvalue weighted by Crippen LogP contribution is 2.32. The molecule has 1 aliphatic heterocycles. The van der Waals surface area contributed by atoms with Crippen LogP contribution in [0.2, 0.25) is 0 Å². The normalized spacial score (nSPS) is 18.1. The summed E-state index contributed by atoms with van der Waals surface area (Å²) in [7, 11) is 1.40. The maximum Gasteiger partial charge on any atom is 0.254 e. The van der Waals surface area contributed by atoms with Crippen molar-refractivity contribution in [1.82, 2.24) is 14.9 Å². The molecule has 2 N–H and O–H groups in total. The summed E-state index contributed by atoms with van der Waals surface area (Å²) in [5.74, 6) is 0.128. The number of fused-ring (bicyclic) bond motifs is 1. The van der Waals surface area contributed by atoms with Gasteiger partial charge in [-0.3, -0.25) is 9.69 Å². The summed E-state index contributed by atoms with van der Waals surface area (Å²) in [5.41, 5.74) is 2.31. The number of ether oxygens (including phenoxy) is 1. The number of H-pyrrole nitrogens is 1. The van der Waals surface area contributed by atoms with E-state index in [0.717, 1.165) is 29.9 Å². The number of aromatic hydroxyl groups is 1. The van der Waals surface area contributed by atoms with Gasteiger partial charge in [0.1, 0.15) is 5.82 Å². The van der Waals surface area contributed by atoms with E-state index in [-0.39, 0.29) is 11.3 Å². The number of phenolic OH excluding ortho intramolecular Hbond substituents is 1. The quantitative estimate of drug-likeness (QED) is 0.842. The van der Waals surface area contributed by atoms with E-state index in [1.54, 1.807) is 6.07 Å². The summed E-state index contributed by atoms with van der Waals surface area (Å²) in [6.07, 6.45) is 6.42. The molecule has 0 saturated heterocycles. The largest absolute Gasteiger partial charge is 0.502 e. The zero-order valence-electron chi connectivity index (χ0n) is 16.1. The number of hydrogen-bond donors (Lipinski definition) is 2. The number of nitrogens with zero attached hydrogens (tertiary/aromatic N) is 2. The molecule has 1 fully saturated rings. The molecule has 7 heteroatoms. The maximum atomic E-state index is 13.9. The number of halogens is 1. The summed E-state index contributed by atoms with van der Waals surface area (Å²) >= 11 is 0. The van der Waals surface area contributed by atoms with Gasteiger partial charge in [-0.25, -0.2) is 9.37 Å². The highest BCUT2D eigenvalue weighted by Gasteiger charge is 2.25. The van der Waals surface area contributed by atoms with Gasteiger partial charge in [-0.2, -0.15) is 0 Å². The minimum atomic E-state index is -0.694. The number of aromatic amines is 1. The Balaban J connectivity index is 1.55. The Kier molecular flexibility index (Phi) is 5.35. The zero-order chi connectivity index (χ0) is 19.7. The zero-order valence-corrected chi connectivity index (χ0v) is 16.1. The molecule has 0 amide bonds. The van der Waals surface area contributed by atoms with Gasteiger partial charge in [0, 0.05) is 31.1 Å². The fourth-order valence-corrected chi connectivity index (χ4v) is 4.35. The number of nitrogens with one attached hydrogen (secondary N) is 1. The summed E-state index contributed by atoms with van der Waals surface area (Å²) < 4.78 is 19.0. The first-order chi connectivity index (χ1) is 13.5. The van der Waals surface area contributed by atoms with Gasteiger partial charge in [0.05, 0.1) is 12.8 Å². The Hall–Kier alpha value is -2.41. The average Bonchev–Trinajstić information content (AvgIpc) is 2.71. The fraction of sp³-hybridized carbons (Fsp3) is 0.524. The third-order valence-electron chi connectivity index (χ3n) is 5.88. The molecule has 1 saturated carbocycles. The van der Waals surface area contributed by atoms with Gasteiger partial charge in [-0.1, -0.05) is 19.3 Å². The smallest absolute Gasteiger partial charge is 0.254 e. The van der Waals surface area contributed by atoms with Crippen molar-refractivity contribution in [1.29, 1.82) is 0 Å². The van der Waals surface area contributed by atoms with E-state index in [4.69, 9.17) is 9.72 Å². The number of hydrogen-bond acceptors (Lipinski definition) is 5. The molecule has 1 aromatic heterocycles. The standard InChI is InChI=1S/C21H26FN3O3/c1-28-18-10-13(9-16(22)19(18)26)11-25-8-7-15-17(12-25)23-20(24-21(15)27)14-5-3-2-4-6-14/h9-10,14,26H,2-8,11-12H2,1H3,(H,23,24,27). The Labute approximate surface area is 163 Å². The van der Waals surface area contributed by atoms with Crippen molar-refractivity contribution in [3.05, 3.63) is 50.9 Å². The van der Waals surface area contributed by atoms with Crippen LogP contribution in [0, 0.1) is 5.82 Å². The van der Waals surface area contributed by atoms with Crippen LogP contribution in [-0.4, -0.2) is 33.6 Å². The lowest BCUT2D eigenvalue weighted by Gasteiger charge is -2.29. The van der Waals surface area contributed by atoms with Crippen molar-refractivity contribution in [2.45, 2.75) is 57.5 Å². The molecule has 2 aromatic rings. The molecule has 28 heavy (non-hydrogen) atoms. The highest BCUT2D eigenvalue weighted by atomic mass is 19.1. The van der Waals surface area contributed by atoms with Gasteiger partial charge in [0.15, 0.2) is 17.3 Å². The van der Waals surface area contributed by atoms with E-state index in [1.165, 1.54) is 32.4 Å². The lowest BCUT2D eigenvalue weighted by Crippen LogP contribution is -2.35. The average molecular weight is 387 g/mol. The molecular weight excluding hydrogens is 361 g/mol. The second-order valence-corrected chi connectivity index (χ2v) is 7.80. The fourth-order valence-electron chi connectivity index (χ4n) is 4.35. The monoisotopic (exact) mass is 387 g/mol. The van der Waals surface area contributed by atoms with Gasteiger partial charge < -0.3 is 14.8 Å². The van der Waals surface area contributed by atoms with Gasteiger partial charge in [0.2, 0.25) is 0 Å². The molecule has 0 radical (unpaired) electrons. The van der Waals surface area contributed by atoms with Crippen LogP contribution in [0.5, 0.6) is 11.5 Å². The lowest BCUT2D eigenvalue weighted by molar-refractivity contribution is 0.238. The van der Waals surface area contributed by atoms with Crippen molar-refractivity contribution < 1.29 is 14.2 Å². The number of methoxy groups -OCH3 is 1. The molecule has 2 heterocycles. The van der Waals surface area contributed by atoms with Crippen molar-refractivity contribution in [3.8, 4) is 11.5 Å². The first-order valence-electron chi connectivity index (χ1n) is 9.95. The van der Waals surface area contributed by atoms with Crippen molar-refractivity contribution >= 4 is 0 Å². The third kappa shape index (κ3) is 3.76. The Morgan fingerprint density at radius 3 is 2.86 bits per heavy atom.